The number of rotatable bonds is 5. The third-order valence-corrected chi connectivity index (χ3v) is 3.86. The Labute approximate surface area is 147 Å². The highest BCUT2D eigenvalue weighted by atomic mass is 19.1. The van der Waals surface area contributed by atoms with Gasteiger partial charge >= 0.3 is 5.97 Å². The van der Waals surface area contributed by atoms with Crippen molar-refractivity contribution >= 4 is 17.6 Å². The fourth-order valence-corrected chi connectivity index (χ4v) is 2.66. The summed E-state index contributed by atoms with van der Waals surface area (Å²) < 4.78 is 18.0. The molecule has 0 fully saturated rings. The van der Waals surface area contributed by atoms with E-state index in [0.29, 0.717) is 5.56 Å². The van der Waals surface area contributed by atoms with Crippen LogP contribution in [-0.4, -0.2) is 18.0 Å². The maximum Gasteiger partial charge on any atom is 0.311 e. The van der Waals surface area contributed by atoms with Crippen LogP contribution in [0.15, 0.2) is 36.4 Å². The molecule has 0 heterocycles. The number of nitrogens with one attached hydrogen (secondary N) is 1. The number of ether oxygens (including phenoxy) is 1. The number of anilines is 1. The summed E-state index contributed by atoms with van der Waals surface area (Å²) >= 11 is 0. The number of halogens is 1. The van der Waals surface area contributed by atoms with Gasteiger partial charge in [-0.25, -0.2) is 4.39 Å². The summed E-state index contributed by atoms with van der Waals surface area (Å²) in [4.78, 5) is 24.2. The fraction of sp³-hybridized carbons (Fsp3) is 0.300. The average molecular weight is 343 g/mol. The molecule has 1 N–H and O–H groups in total. The number of carbonyl (C=O) groups excluding carboxylic acids is 2. The van der Waals surface area contributed by atoms with Gasteiger partial charge in [0.25, 0.3) is 5.91 Å². The Morgan fingerprint density at radius 3 is 2.20 bits per heavy atom. The van der Waals surface area contributed by atoms with E-state index in [4.69, 9.17) is 4.74 Å². The van der Waals surface area contributed by atoms with Gasteiger partial charge in [0.05, 0.1) is 6.42 Å². The second kappa shape index (κ2) is 7.92. The molecule has 0 spiro atoms. The minimum absolute atomic E-state index is 0.0134. The highest BCUT2D eigenvalue weighted by molar-refractivity contribution is 5.96. The van der Waals surface area contributed by atoms with Gasteiger partial charge in [0.1, 0.15) is 5.82 Å². The van der Waals surface area contributed by atoms with E-state index in [-0.39, 0.29) is 18.1 Å². The third-order valence-electron chi connectivity index (χ3n) is 3.86. The monoisotopic (exact) mass is 343 g/mol. The van der Waals surface area contributed by atoms with Gasteiger partial charge in [0.2, 0.25) is 0 Å². The van der Waals surface area contributed by atoms with Gasteiger partial charge in [-0.1, -0.05) is 29.8 Å². The van der Waals surface area contributed by atoms with Gasteiger partial charge in [-0.15, -0.1) is 0 Å². The summed E-state index contributed by atoms with van der Waals surface area (Å²) in [5, 5.41) is 2.82. The third kappa shape index (κ3) is 5.14. The Morgan fingerprint density at radius 2 is 1.64 bits per heavy atom. The molecule has 1 amide bonds. The predicted molar refractivity (Wildman–Crippen MR) is 94.9 cm³/mol. The van der Waals surface area contributed by atoms with Crippen LogP contribution >= 0.6 is 0 Å². The molecule has 4 nitrogen and oxygen atoms in total. The standard InChI is InChI=1S/C20H22FNO3/c1-12-9-13(2)19(14(3)10-12)22-20(24)15(4)25-18(23)11-16-5-7-17(21)8-6-16/h5-10,15H,11H2,1-4H3,(H,22,24)/t15-/m0/s1. The van der Waals surface area contributed by atoms with Crippen molar-refractivity contribution in [2.24, 2.45) is 0 Å². The average Bonchev–Trinajstić information content (AvgIpc) is 2.52. The molecule has 0 aliphatic carbocycles. The lowest BCUT2D eigenvalue weighted by atomic mass is 10.0. The summed E-state index contributed by atoms with van der Waals surface area (Å²) in [7, 11) is 0. The maximum atomic E-state index is 12.9. The molecule has 5 heteroatoms. The van der Waals surface area contributed by atoms with Crippen LogP contribution in [0.5, 0.6) is 0 Å². The van der Waals surface area contributed by atoms with Crippen LogP contribution in [0.1, 0.15) is 29.2 Å². The quantitative estimate of drug-likeness (QED) is 0.839. The number of aryl methyl sites for hydroxylation is 3. The maximum absolute atomic E-state index is 12.9. The number of esters is 1. The zero-order valence-electron chi connectivity index (χ0n) is 14.9. The lowest BCUT2D eigenvalue weighted by molar-refractivity contribution is -0.152. The van der Waals surface area contributed by atoms with Crippen molar-refractivity contribution in [1.29, 1.82) is 0 Å². The number of amides is 1. The van der Waals surface area contributed by atoms with E-state index in [1.807, 2.05) is 32.9 Å². The molecular formula is C20H22FNO3. The molecule has 2 rings (SSSR count). The minimum atomic E-state index is -0.923. The second-order valence-electron chi connectivity index (χ2n) is 6.20. The first-order valence-electron chi connectivity index (χ1n) is 8.09. The van der Waals surface area contributed by atoms with Gasteiger partial charge in [0, 0.05) is 5.69 Å². The molecule has 0 unspecified atom stereocenters. The van der Waals surface area contributed by atoms with Crippen LogP contribution in [0.3, 0.4) is 0 Å². The predicted octanol–water partition coefficient (Wildman–Crippen LogP) is 3.86. The van der Waals surface area contributed by atoms with Crippen molar-refractivity contribution in [2.75, 3.05) is 5.32 Å². The lowest BCUT2D eigenvalue weighted by Gasteiger charge is -2.17. The first-order chi connectivity index (χ1) is 11.8. The van der Waals surface area contributed by atoms with Crippen molar-refractivity contribution < 1.29 is 18.7 Å². The van der Waals surface area contributed by atoms with Gasteiger partial charge in [0.15, 0.2) is 6.10 Å². The smallest absolute Gasteiger partial charge is 0.311 e. The Morgan fingerprint density at radius 1 is 1.08 bits per heavy atom. The zero-order valence-corrected chi connectivity index (χ0v) is 14.9. The van der Waals surface area contributed by atoms with E-state index in [1.165, 1.54) is 31.2 Å². The van der Waals surface area contributed by atoms with Gasteiger partial charge in [-0.05, 0) is 56.5 Å². The minimum Gasteiger partial charge on any atom is -0.452 e. The molecule has 25 heavy (non-hydrogen) atoms. The van der Waals surface area contributed by atoms with E-state index < -0.39 is 12.1 Å². The molecule has 1 atom stereocenters. The van der Waals surface area contributed by atoms with Gasteiger partial charge in [-0.2, -0.15) is 0 Å². The van der Waals surface area contributed by atoms with Crippen molar-refractivity contribution in [3.63, 3.8) is 0 Å². The van der Waals surface area contributed by atoms with Gasteiger partial charge < -0.3 is 10.1 Å². The van der Waals surface area contributed by atoms with Crippen LogP contribution in [0.25, 0.3) is 0 Å². The Bertz CT molecular complexity index is 761. The molecule has 0 aliphatic heterocycles. The molecule has 0 aromatic heterocycles. The van der Waals surface area contributed by atoms with Crippen molar-refractivity contribution in [1.82, 2.24) is 0 Å². The number of carbonyl (C=O) groups is 2. The lowest BCUT2D eigenvalue weighted by Crippen LogP contribution is -2.31. The highest BCUT2D eigenvalue weighted by Crippen LogP contribution is 2.22. The first-order valence-corrected chi connectivity index (χ1v) is 8.09. The van der Waals surface area contributed by atoms with Crippen LogP contribution < -0.4 is 5.32 Å². The Balaban J connectivity index is 1.96. The highest BCUT2D eigenvalue weighted by Gasteiger charge is 2.19. The fourth-order valence-electron chi connectivity index (χ4n) is 2.66. The van der Waals surface area contributed by atoms with Crippen LogP contribution in [0, 0.1) is 26.6 Å². The number of hydrogen-bond acceptors (Lipinski definition) is 3. The van der Waals surface area contributed by atoms with Crippen LogP contribution in [0.4, 0.5) is 10.1 Å². The van der Waals surface area contributed by atoms with Crippen molar-refractivity contribution in [3.8, 4) is 0 Å². The normalized spacial score (nSPS) is 11.7. The summed E-state index contributed by atoms with van der Waals surface area (Å²) in [6, 6.07) is 9.55. The molecule has 2 aromatic carbocycles. The summed E-state index contributed by atoms with van der Waals surface area (Å²) in [6.45, 7) is 7.35. The van der Waals surface area contributed by atoms with Gasteiger partial charge in [-0.3, -0.25) is 9.59 Å². The Kier molecular flexibility index (Phi) is 5.91. The molecule has 2 aromatic rings. The largest absolute Gasteiger partial charge is 0.452 e. The van der Waals surface area contributed by atoms with E-state index >= 15 is 0 Å². The molecule has 132 valence electrons. The number of benzene rings is 2. The summed E-state index contributed by atoms with van der Waals surface area (Å²) in [5.41, 5.74) is 4.39. The van der Waals surface area contributed by atoms with E-state index in [9.17, 15) is 14.0 Å². The topological polar surface area (TPSA) is 55.4 Å². The van der Waals surface area contributed by atoms with E-state index in [2.05, 4.69) is 5.32 Å². The van der Waals surface area contributed by atoms with E-state index in [0.717, 1.165) is 22.4 Å². The SMILES string of the molecule is Cc1cc(C)c(NC(=O)[C@H](C)OC(=O)Cc2ccc(F)cc2)c(C)c1. The number of hydrogen-bond donors (Lipinski definition) is 1. The molecule has 0 bridgehead atoms. The molecular weight excluding hydrogens is 321 g/mol. The van der Waals surface area contributed by atoms with E-state index in [1.54, 1.807) is 0 Å². The van der Waals surface area contributed by atoms with Crippen LogP contribution in [0.2, 0.25) is 0 Å². The summed E-state index contributed by atoms with van der Waals surface area (Å²) in [6.07, 6.45) is -0.937. The molecule has 0 aliphatic rings. The molecule has 0 radical (unpaired) electrons. The zero-order chi connectivity index (χ0) is 18.6. The second-order valence-corrected chi connectivity index (χ2v) is 6.20. The summed E-state index contributed by atoms with van der Waals surface area (Å²) in [5.74, 6) is -1.29. The van der Waals surface area contributed by atoms with Crippen molar-refractivity contribution in [3.05, 3.63) is 64.5 Å². The molecule has 0 saturated carbocycles. The first kappa shape index (κ1) is 18.6. The molecule has 0 saturated heterocycles. The van der Waals surface area contributed by atoms with Crippen molar-refractivity contribution in [2.45, 2.75) is 40.2 Å². The van der Waals surface area contributed by atoms with Crippen LogP contribution in [-0.2, 0) is 20.7 Å². The Hall–Kier alpha value is -2.69.